The lowest BCUT2D eigenvalue weighted by atomic mass is 10.1. The van der Waals surface area contributed by atoms with Crippen molar-refractivity contribution in [1.82, 2.24) is 15.0 Å². The van der Waals surface area contributed by atoms with Gasteiger partial charge < -0.3 is 0 Å². The van der Waals surface area contributed by atoms with Crippen LogP contribution >= 0.6 is 0 Å². The minimum absolute atomic E-state index is 0.0952. The summed E-state index contributed by atoms with van der Waals surface area (Å²) in [5.41, 5.74) is 0.665. The first-order valence-corrected chi connectivity index (χ1v) is 5.61. The summed E-state index contributed by atoms with van der Waals surface area (Å²) in [4.78, 5) is 11.3. The molecule has 0 saturated carbocycles. The maximum Gasteiger partial charge on any atom is 0.135 e. The molecule has 0 spiro atoms. The molecule has 0 amide bonds. The Labute approximate surface area is 94.8 Å². The highest BCUT2D eigenvalue weighted by atomic mass is 18.2. The molecule has 0 fully saturated rings. The van der Waals surface area contributed by atoms with Crippen molar-refractivity contribution in [1.29, 1.82) is 0 Å². The van der Waals surface area contributed by atoms with Crippen LogP contribution in [0.4, 0.5) is 4.39 Å². The molecule has 1 aromatic heterocycles. The van der Waals surface area contributed by atoms with Gasteiger partial charge in [-0.1, -0.05) is 19.1 Å². The van der Waals surface area contributed by atoms with Crippen molar-refractivity contribution in [3.8, 4) is 0 Å². The topological polar surface area (TPSA) is 47.8 Å². The molecule has 0 bridgehead atoms. The number of hydrogen-bond donors (Lipinski definition) is 0. The molecule has 16 heavy (non-hydrogen) atoms. The third-order valence-corrected chi connectivity index (χ3v) is 2.39. The monoisotopic (exact) mass is 226 g/mol. The van der Waals surface area contributed by atoms with Crippen LogP contribution < -0.4 is 0 Å². The lowest BCUT2D eigenvalue weighted by molar-refractivity contribution is -0.122. The third kappa shape index (κ3) is 4.08. The van der Waals surface area contributed by atoms with Crippen molar-refractivity contribution in [2.45, 2.75) is 39.7 Å². The fourth-order valence-electron chi connectivity index (χ4n) is 1.36. The Morgan fingerprint density at radius 3 is 2.94 bits per heavy atom. The highest BCUT2D eigenvalue weighted by Gasteiger charge is 2.07. The molecule has 1 heterocycles. The van der Waals surface area contributed by atoms with Gasteiger partial charge in [0.15, 0.2) is 0 Å². The lowest BCUT2D eigenvalue weighted by Gasteiger charge is -2.03. The molecule has 0 atom stereocenters. The molecule has 90 valence electrons. The Hall–Kier alpha value is -1.26. The number of ketones is 1. The van der Waals surface area contributed by atoms with Crippen LogP contribution in [0.5, 0.6) is 0 Å². The van der Waals surface area contributed by atoms with Crippen LogP contribution in [0.2, 0.25) is 0 Å². The van der Waals surface area contributed by atoms with E-state index >= 15 is 0 Å². The predicted molar refractivity (Wildman–Crippen MR) is 58.8 cm³/mol. The number of aryl methyl sites for hydroxylation is 2. The van der Waals surface area contributed by atoms with Crippen LogP contribution in [0.15, 0.2) is 6.20 Å². The largest absolute Gasteiger partial charge is 0.299 e. The van der Waals surface area contributed by atoms with E-state index in [0.29, 0.717) is 25.1 Å². The number of Topliss-reactive ketones (excluding diaryl/α,β-unsaturated/α-hetero) is 1. The number of aromatic nitrogens is 3. The summed E-state index contributed by atoms with van der Waals surface area (Å²) in [6.45, 7) is 4.05. The predicted octanol–water partition coefficient (Wildman–Crippen LogP) is 1.80. The molecular weight excluding hydrogens is 208 g/mol. The van der Waals surface area contributed by atoms with Crippen molar-refractivity contribution >= 4 is 5.78 Å². The number of hydrogen-bond acceptors (Lipinski definition) is 3. The van der Waals surface area contributed by atoms with Gasteiger partial charge in [-0.15, -0.1) is 5.10 Å². The van der Waals surface area contributed by atoms with Gasteiger partial charge in [0, 0.05) is 31.5 Å². The summed E-state index contributed by atoms with van der Waals surface area (Å²) in [7, 11) is 0. The van der Waals surface area contributed by atoms with Crippen molar-refractivity contribution in [2.75, 3.05) is 6.67 Å². The molecule has 1 rings (SSSR count). The fourth-order valence-corrected chi connectivity index (χ4v) is 1.36. The van der Waals surface area contributed by atoms with E-state index in [1.807, 2.05) is 13.8 Å². The molecular formula is C11H18FN3O. The Morgan fingerprint density at radius 1 is 1.56 bits per heavy atom. The number of rotatable bonds is 7. The zero-order valence-corrected chi connectivity index (χ0v) is 9.82. The first-order valence-electron chi connectivity index (χ1n) is 5.61. The molecule has 0 aromatic carbocycles. The molecule has 0 aliphatic rings. The van der Waals surface area contributed by atoms with Gasteiger partial charge in [-0.2, -0.15) is 0 Å². The van der Waals surface area contributed by atoms with Gasteiger partial charge in [-0.25, -0.2) is 0 Å². The number of carbonyl (C=O) groups excluding carboxylic acids is 1. The quantitative estimate of drug-likeness (QED) is 0.712. The summed E-state index contributed by atoms with van der Waals surface area (Å²) >= 11 is 0. The van der Waals surface area contributed by atoms with E-state index in [4.69, 9.17) is 0 Å². The Morgan fingerprint density at radius 2 is 2.31 bits per heavy atom. The molecule has 0 saturated heterocycles. The standard InChI is InChI=1S/C11H18FN3O/c1-9(2)11(16)4-3-7-15-8-10(5-6-12)13-14-15/h8-9H,3-7H2,1-2H3/i12-1. The summed E-state index contributed by atoms with van der Waals surface area (Å²) in [5.74, 6) is 0.363. The number of halogens is 1. The maximum atomic E-state index is 12.0. The molecule has 0 radical (unpaired) electrons. The Bertz CT molecular complexity index is 336. The normalized spacial score (nSPS) is 11.0. The number of carbonyl (C=O) groups is 1. The molecule has 5 heteroatoms. The van der Waals surface area contributed by atoms with Crippen LogP contribution in [0.3, 0.4) is 0 Å². The smallest absolute Gasteiger partial charge is 0.135 e. The highest BCUT2D eigenvalue weighted by molar-refractivity contribution is 5.80. The van der Waals surface area contributed by atoms with E-state index in [1.165, 1.54) is 0 Å². The lowest BCUT2D eigenvalue weighted by Crippen LogP contribution is -2.08. The summed E-state index contributed by atoms with van der Waals surface area (Å²) in [6, 6.07) is 0. The summed E-state index contributed by atoms with van der Waals surface area (Å²) in [5, 5.41) is 7.69. The average Bonchev–Trinajstić information content (AvgIpc) is 2.66. The van der Waals surface area contributed by atoms with Crippen LogP contribution in [0.25, 0.3) is 0 Å². The van der Waals surface area contributed by atoms with E-state index in [1.54, 1.807) is 10.9 Å². The minimum atomic E-state index is -0.412. The second-order valence-corrected chi connectivity index (χ2v) is 4.14. The Kier molecular flexibility index (Phi) is 5.08. The third-order valence-electron chi connectivity index (χ3n) is 2.39. The zero-order valence-electron chi connectivity index (χ0n) is 9.82. The van der Waals surface area contributed by atoms with Crippen LogP contribution in [-0.2, 0) is 17.8 Å². The van der Waals surface area contributed by atoms with Crippen molar-refractivity contribution in [3.63, 3.8) is 0 Å². The minimum Gasteiger partial charge on any atom is -0.299 e. The average molecular weight is 226 g/mol. The first-order chi connectivity index (χ1) is 7.63. The summed E-state index contributed by atoms with van der Waals surface area (Å²) < 4.78 is 13.7. The zero-order chi connectivity index (χ0) is 12.0. The first kappa shape index (κ1) is 12.8. The number of alkyl halides is 1. The molecule has 0 unspecified atom stereocenters. The van der Waals surface area contributed by atoms with E-state index in [-0.39, 0.29) is 11.7 Å². The van der Waals surface area contributed by atoms with Gasteiger partial charge in [-0.05, 0) is 6.42 Å². The summed E-state index contributed by atoms with van der Waals surface area (Å²) in [6.07, 6.45) is 3.37. The van der Waals surface area contributed by atoms with E-state index < -0.39 is 6.67 Å². The molecule has 4 nitrogen and oxygen atoms in total. The second kappa shape index (κ2) is 6.35. The van der Waals surface area contributed by atoms with Crippen LogP contribution in [-0.4, -0.2) is 27.5 Å². The maximum absolute atomic E-state index is 12.0. The molecule has 0 N–H and O–H groups in total. The van der Waals surface area contributed by atoms with Gasteiger partial charge in [0.2, 0.25) is 0 Å². The SMILES string of the molecule is CC(C)C(=O)CCCn1cc(CC[18F])nn1. The van der Waals surface area contributed by atoms with Gasteiger partial charge in [0.1, 0.15) is 5.78 Å². The molecule has 0 aliphatic heterocycles. The van der Waals surface area contributed by atoms with Crippen LogP contribution in [0.1, 0.15) is 32.4 Å². The van der Waals surface area contributed by atoms with Crippen molar-refractivity contribution in [3.05, 3.63) is 11.9 Å². The number of nitrogens with zero attached hydrogens (tertiary/aromatic N) is 3. The van der Waals surface area contributed by atoms with Crippen molar-refractivity contribution < 1.29 is 9.18 Å². The van der Waals surface area contributed by atoms with E-state index in [9.17, 15) is 9.18 Å². The van der Waals surface area contributed by atoms with Gasteiger partial charge >= 0.3 is 0 Å². The molecule has 1 aromatic rings. The van der Waals surface area contributed by atoms with Gasteiger partial charge in [-0.3, -0.25) is 13.9 Å². The van der Waals surface area contributed by atoms with E-state index in [2.05, 4.69) is 10.3 Å². The van der Waals surface area contributed by atoms with Crippen LogP contribution in [0, 0.1) is 5.92 Å². The Balaban J connectivity index is 2.29. The van der Waals surface area contributed by atoms with Gasteiger partial charge in [0.05, 0.1) is 12.4 Å². The van der Waals surface area contributed by atoms with Crippen molar-refractivity contribution in [2.24, 2.45) is 5.92 Å². The second-order valence-electron chi connectivity index (χ2n) is 4.14. The highest BCUT2D eigenvalue weighted by Crippen LogP contribution is 2.03. The molecule has 0 aliphatic carbocycles. The van der Waals surface area contributed by atoms with Gasteiger partial charge in [0.25, 0.3) is 0 Å². The fraction of sp³-hybridized carbons (Fsp3) is 0.727. The van der Waals surface area contributed by atoms with E-state index in [0.717, 1.165) is 6.42 Å².